The highest BCUT2D eigenvalue weighted by atomic mass is 31.1. The largest absolute Gasteiger partial charge is 0.496 e. The van der Waals surface area contributed by atoms with Gasteiger partial charge in [0.2, 0.25) is 0 Å². The Labute approximate surface area is 152 Å². The van der Waals surface area contributed by atoms with Gasteiger partial charge in [0.05, 0.1) is 14.2 Å². The van der Waals surface area contributed by atoms with Gasteiger partial charge in [0.1, 0.15) is 11.5 Å². The van der Waals surface area contributed by atoms with Crippen molar-refractivity contribution in [2.75, 3.05) is 20.4 Å². The van der Waals surface area contributed by atoms with Gasteiger partial charge in [-0.15, -0.1) is 0 Å². The van der Waals surface area contributed by atoms with Gasteiger partial charge < -0.3 is 9.47 Å². The van der Waals surface area contributed by atoms with Crippen LogP contribution in [0.4, 0.5) is 0 Å². The van der Waals surface area contributed by atoms with Crippen molar-refractivity contribution < 1.29 is 18.8 Å². The lowest BCUT2D eigenvalue weighted by Crippen LogP contribution is -2.06. The molecule has 0 saturated heterocycles. The van der Waals surface area contributed by atoms with Crippen LogP contribution in [0.1, 0.15) is 68.1 Å². The Bertz CT molecular complexity index is 557. The number of hydrogen-bond acceptors (Lipinski definition) is 4. The highest BCUT2D eigenvalue weighted by Crippen LogP contribution is 2.38. The second-order valence-corrected chi connectivity index (χ2v) is 8.41. The lowest BCUT2D eigenvalue weighted by Gasteiger charge is -2.20. The van der Waals surface area contributed by atoms with E-state index in [9.17, 15) is 9.36 Å². The van der Waals surface area contributed by atoms with Crippen LogP contribution in [0.2, 0.25) is 0 Å². The minimum absolute atomic E-state index is 0.302. The number of rotatable bonds is 10. The van der Waals surface area contributed by atoms with Crippen molar-refractivity contribution in [3.63, 3.8) is 0 Å². The van der Waals surface area contributed by atoms with E-state index in [4.69, 9.17) is 9.47 Å². The van der Waals surface area contributed by atoms with Crippen LogP contribution < -0.4 is 9.47 Å². The van der Waals surface area contributed by atoms with Crippen molar-refractivity contribution in [3.8, 4) is 11.5 Å². The van der Waals surface area contributed by atoms with E-state index in [2.05, 4.69) is 0 Å². The minimum atomic E-state index is -1.94. The monoisotopic (exact) mass is 365 g/mol. The fourth-order valence-corrected chi connectivity index (χ4v) is 4.81. The first-order chi connectivity index (χ1) is 12.2. The van der Waals surface area contributed by atoms with Crippen LogP contribution in [-0.2, 0) is 4.57 Å². The van der Waals surface area contributed by atoms with Crippen molar-refractivity contribution in [1.29, 1.82) is 0 Å². The molecule has 0 amide bonds. The molecule has 5 heteroatoms. The molecular formula is C20H30O4P+. The number of benzene rings is 1. The van der Waals surface area contributed by atoms with Crippen LogP contribution in [0.25, 0.3) is 0 Å². The van der Waals surface area contributed by atoms with E-state index in [0.29, 0.717) is 23.2 Å². The molecule has 0 bridgehead atoms. The quantitative estimate of drug-likeness (QED) is 0.388. The van der Waals surface area contributed by atoms with Gasteiger partial charge in [-0.1, -0.05) is 55.6 Å². The molecule has 138 valence electrons. The molecule has 0 heterocycles. The maximum absolute atomic E-state index is 12.6. The Hall–Kier alpha value is -1.41. The SMILES string of the molecule is COc1cccc(OC)c1C(=O)[P+](=O)CCCCCC1CCCCC1. The molecule has 0 radical (unpaired) electrons. The van der Waals surface area contributed by atoms with Gasteiger partial charge in [-0.05, 0) is 30.9 Å². The molecule has 0 aliphatic heterocycles. The predicted molar refractivity (Wildman–Crippen MR) is 101 cm³/mol. The van der Waals surface area contributed by atoms with Gasteiger partial charge in [-0.2, -0.15) is 0 Å². The summed E-state index contributed by atoms with van der Waals surface area (Å²) in [5.74, 6) is 1.73. The van der Waals surface area contributed by atoms with E-state index >= 15 is 0 Å². The Kier molecular flexibility index (Phi) is 8.40. The molecular weight excluding hydrogens is 335 g/mol. The number of ether oxygens (including phenoxy) is 2. The normalized spacial score (nSPS) is 15.7. The number of unbranched alkanes of at least 4 members (excludes halogenated alkanes) is 2. The summed E-state index contributed by atoms with van der Waals surface area (Å²) in [6.07, 6.45) is 11.7. The lowest BCUT2D eigenvalue weighted by atomic mass is 9.86. The van der Waals surface area contributed by atoms with Gasteiger partial charge in [0.25, 0.3) is 0 Å². The fourth-order valence-electron chi connectivity index (χ4n) is 3.63. The molecule has 1 saturated carbocycles. The maximum Gasteiger partial charge on any atom is 0.420 e. The van der Waals surface area contributed by atoms with Crippen molar-refractivity contribution >= 4 is 13.3 Å². The average Bonchev–Trinajstić information content (AvgIpc) is 2.67. The summed E-state index contributed by atoms with van der Waals surface area (Å²) < 4.78 is 22.9. The van der Waals surface area contributed by atoms with Gasteiger partial charge >= 0.3 is 13.3 Å². The van der Waals surface area contributed by atoms with E-state index in [1.165, 1.54) is 59.2 Å². The zero-order chi connectivity index (χ0) is 18.1. The molecule has 0 N–H and O–H groups in total. The van der Waals surface area contributed by atoms with E-state index in [0.717, 1.165) is 18.8 Å². The molecule has 1 unspecified atom stereocenters. The summed E-state index contributed by atoms with van der Waals surface area (Å²) in [7, 11) is 1.07. The van der Waals surface area contributed by atoms with Crippen LogP contribution in [-0.4, -0.2) is 25.9 Å². The molecule has 4 nitrogen and oxygen atoms in total. The average molecular weight is 365 g/mol. The summed E-state index contributed by atoms with van der Waals surface area (Å²) >= 11 is 0. The smallest absolute Gasteiger partial charge is 0.420 e. The third-order valence-corrected chi connectivity index (χ3v) is 6.47. The third kappa shape index (κ3) is 5.81. The first-order valence-corrected chi connectivity index (χ1v) is 10.8. The first kappa shape index (κ1) is 19.9. The van der Waals surface area contributed by atoms with Crippen LogP contribution in [0.3, 0.4) is 0 Å². The Morgan fingerprint density at radius 2 is 1.68 bits per heavy atom. The fraction of sp³-hybridized carbons (Fsp3) is 0.650. The number of methoxy groups -OCH3 is 2. The Morgan fingerprint density at radius 1 is 1.04 bits per heavy atom. The van der Waals surface area contributed by atoms with Gasteiger partial charge in [0, 0.05) is 0 Å². The van der Waals surface area contributed by atoms with E-state index < -0.39 is 7.80 Å². The van der Waals surface area contributed by atoms with Crippen LogP contribution in [0.5, 0.6) is 11.5 Å². The summed E-state index contributed by atoms with van der Waals surface area (Å²) in [5.41, 5.74) is -0.0626. The van der Waals surface area contributed by atoms with Crippen molar-refractivity contribution in [2.24, 2.45) is 5.92 Å². The molecule has 1 aliphatic rings. The van der Waals surface area contributed by atoms with Crippen LogP contribution >= 0.6 is 7.80 Å². The molecule has 25 heavy (non-hydrogen) atoms. The molecule has 0 spiro atoms. The summed E-state index contributed by atoms with van der Waals surface area (Å²) in [6.45, 7) is 0. The molecule has 1 atom stereocenters. The van der Waals surface area contributed by atoms with Crippen LogP contribution in [0, 0.1) is 5.92 Å². The maximum atomic E-state index is 12.6. The van der Waals surface area contributed by atoms with E-state index in [1.54, 1.807) is 18.2 Å². The third-order valence-electron chi connectivity index (χ3n) is 5.07. The molecule has 1 aromatic carbocycles. The zero-order valence-electron chi connectivity index (χ0n) is 15.5. The second kappa shape index (κ2) is 10.6. The number of carbonyl (C=O) groups excluding carboxylic acids is 1. The minimum Gasteiger partial charge on any atom is -0.496 e. The van der Waals surface area contributed by atoms with Crippen molar-refractivity contribution in [3.05, 3.63) is 23.8 Å². The molecule has 2 rings (SSSR count). The molecule has 0 aromatic heterocycles. The van der Waals surface area contributed by atoms with Gasteiger partial charge in [-0.25, -0.2) is 4.79 Å². The van der Waals surface area contributed by atoms with Gasteiger partial charge in [0.15, 0.2) is 11.7 Å². The standard InChI is InChI=1S/C20H30O4P/c1-23-17-13-9-14-18(24-2)19(17)20(21)25(22)15-8-4-7-12-16-10-5-3-6-11-16/h9,13-14,16H,3-8,10-12,15H2,1-2H3/q+1. The first-order valence-electron chi connectivity index (χ1n) is 9.37. The van der Waals surface area contributed by atoms with Gasteiger partial charge in [-0.3, -0.25) is 0 Å². The number of carbonyl (C=O) groups is 1. The molecule has 1 aliphatic carbocycles. The highest BCUT2D eigenvalue weighted by molar-refractivity contribution is 7.64. The number of hydrogen-bond donors (Lipinski definition) is 0. The van der Waals surface area contributed by atoms with E-state index in [1.807, 2.05) is 0 Å². The summed E-state index contributed by atoms with van der Waals surface area (Å²) in [4.78, 5) is 12.6. The van der Waals surface area contributed by atoms with Crippen LogP contribution in [0.15, 0.2) is 18.2 Å². The topological polar surface area (TPSA) is 52.6 Å². The van der Waals surface area contributed by atoms with E-state index in [-0.39, 0.29) is 5.52 Å². The lowest BCUT2D eigenvalue weighted by molar-refractivity contribution is 0.107. The van der Waals surface area contributed by atoms with Crippen molar-refractivity contribution in [1.82, 2.24) is 0 Å². The Balaban J connectivity index is 1.79. The summed E-state index contributed by atoms with van der Waals surface area (Å²) in [5, 5.41) is 0. The molecule has 1 aromatic rings. The highest BCUT2D eigenvalue weighted by Gasteiger charge is 2.34. The Morgan fingerprint density at radius 3 is 2.28 bits per heavy atom. The zero-order valence-corrected chi connectivity index (χ0v) is 16.4. The van der Waals surface area contributed by atoms with Crippen molar-refractivity contribution in [2.45, 2.75) is 57.8 Å². The predicted octanol–water partition coefficient (Wildman–Crippen LogP) is 5.81. The summed E-state index contributed by atoms with van der Waals surface area (Å²) in [6, 6.07) is 5.15. The second-order valence-electron chi connectivity index (χ2n) is 6.80. The molecule has 1 fully saturated rings.